The molecule has 0 radical (unpaired) electrons. The van der Waals surface area contributed by atoms with Crippen LogP contribution in [0, 0.1) is 5.92 Å². The van der Waals surface area contributed by atoms with Crippen LogP contribution in [0.1, 0.15) is 46.0 Å². The van der Waals surface area contributed by atoms with Gasteiger partial charge in [0.05, 0.1) is 7.11 Å². The highest BCUT2D eigenvalue weighted by Crippen LogP contribution is 2.24. The first-order valence-electron chi connectivity index (χ1n) is 8.28. The summed E-state index contributed by atoms with van der Waals surface area (Å²) < 4.78 is 5.11. The SMILES string of the molecule is COc1ccc(NC(=O)C[C@H](C)N[C@@H]2CCCC[C@@H]2C)cc1. The van der Waals surface area contributed by atoms with Crippen LogP contribution in [0.25, 0.3) is 0 Å². The van der Waals surface area contributed by atoms with Crippen LogP contribution in [0.15, 0.2) is 24.3 Å². The van der Waals surface area contributed by atoms with Gasteiger partial charge in [0.2, 0.25) is 5.91 Å². The van der Waals surface area contributed by atoms with E-state index in [0.717, 1.165) is 11.4 Å². The van der Waals surface area contributed by atoms with Gasteiger partial charge in [-0.05, 0) is 49.9 Å². The minimum atomic E-state index is 0.0497. The molecule has 0 bridgehead atoms. The number of anilines is 1. The number of amides is 1. The molecule has 0 spiro atoms. The van der Waals surface area contributed by atoms with Crippen molar-refractivity contribution in [2.24, 2.45) is 5.92 Å². The molecule has 0 unspecified atom stereocenters. The Kier molecular flexibility index (Phi) is 6.25. The fourth-order valence-electron chi connectivity index (χ4n) is 3.15. The van der Waals surface area contributed by atoms with E-state index in [1.165, 1.54) is 25.7 Å². The van der Waals surface area contributed by atoms with E-state index in [9.17, 15) is 4.79 Å². The summed E-state index contributed by atoms with van der Waals surface area (Å²) in [4.78, 5) is 12.1. The quantitative estimate of drug-likeness (QED) is 0.844. The molecule has 1 saturated carbocycles. The molecule has 1 aromatic rings. The fraction of sp³-hybridized carbons (Fsp3) is 0.611. The van der Waals surface area contributed by atoms with Crippen molar-refractivity contribution in [1.29, 1.82) is 0 Å². The van der Waals surface area contributed by atoms with Crippen LogP contribution in [0.2, 0.25) is 0 Å². The Hall–Kier alpha value is -1.55. The number of nitrogens with one attached hydrogen (secondary N) is 2. The minimum absolute atomic E-state index is 0.0497. The Morgan fingerprint density at radius 1 is 1.27 bits per heavy atom. The second-order valence-corrected chi connectivity index (χ2v) is 6.42. The average molecular weight is 304 g/mol. The summed E-state index contributed by atoms with van der Waals surface area (Å²) in [7, 11) is 1.63. The lowest BCUT2D eigenvalue weighted by molar-refractivity contribution is -0.116. The van der Waals surface area contributed by atoms with Gasteiger partial charge in [0, 0.05) is 24.2 Å². The van der Waals surface area contributed by atoms with Gasteiger partial charge in [-0.2, -0.15) is 0 Å². The zero-order chi connectivity index (χ0) is 15.9. The standard InChI is InChI=1S/C18H28N2O2/c1-13-6-4-5-7-17(13)19-14(2)12-18(21)20-15-8-10-16(22-3)11-9-15/h8-11,13-14,17,19H,4-7,12H2,1-3H3,(H,20,21)/t13-,14-,17+/m0/s1. The second-order valence-electron chi connectivity index (χ2n) is 6.42. The molecule has 22 heavy (non-hydrogen) atoms. The largest absolute Gasteiger partial charge is 0.497 e. The molecule has 122 valence electrons. The Morgan fingerprint density at radius 2 is 1.95 bits per heavy atom. The van der Waals surface area contributed by atoms with Crippen molar-refractivity contribution in [3.8, 4) is 5.75 Å². The summed E-state index contributed by atoms with van der Waals surface area (Å²) >= 11 is 0. The Morgan fingerprint density at radius 3 is 2.59 bits per heavy atom. The summed E-state index contributed by atoms with van der Waals surface area (Å²) in [5.41, 5.74) is 0.809. The minimum Gasteiger partial charge on any atom is -0.497 e. The number of rotatable bonds is 6. The van der Waals surface area contributed by atoms with Crippen LogP contribution in [-0.2, 0) is 4.79 Å². The molecule has 4 nitrogen and oxygen atoms in total. The number of hydrogen-bond donors (Lipinski definition) is 2. The van der Waals surface area contributed by atoms with Gasteiger partial charge in [0.25, 0.3) is 0 Å². The molecule has 0 saturated heterocycles. The summed E-state index contributed by atoms with van der Waals surface area (Å²) in [5.74, 6) is 1.55. The third kappa shape index (κ3) is 5.02. The van der Waals surface area contributed by atoms with Gasteiger partial charge in [-0.1, -0.05) is 19.8 Å². The molecule has 1 aliphatic carbocycles. The Bertz CT molecular complexity index is 472. The van der Waals surface area contributed by atoms with Gasteiger partial charge in [0.15, 0.2) is 0 Å². The summed E-state index contributed by atoms with van der Waals surface area (Å²) in [6, 6.07) is 8.17. The van der Waals surface area contributed by atoms with E-state index in [0.29, 0.717) is 18.4 Å². The number of carbonyl (C=O) groups excluding carboxylic acids is 1. The fourth-order valence-corrected chi connectivity index (χ4v) is 3.15. The van der Waals surface area contributed by atoms with E-state index >= 15 is 0 Å². The van der Waals surface area contributed by atoms with E-state index < -0.39 is 0 Å². The lowest BCUT2D eigenvalue weighted by atomic mass is 9.85. The third-order valence-corrected chi connectivity index (χ3v) is 4.48. The molecule has 1 aromatic carbocycles. The van der Waals surface area contributed by atoms with Crippen LogP contribution in [0.4, 0.5) is 5.69 Å². The highest BCUT2D eigenvalue weighted by molar-refractivity contribution is 5.91. The molecule has 2 rings (SSSR count). The zero-order valence-electron chi connectivity index (χ0n) is 13.9. The first-order chi connectivity index (χ1) is 10.6. The normalized spacial score (nSPS) is 22.9. The Balaban J connectivity index is 1.77. The Labute approximate surface area is 133 Å². The van der Waals surface area contributed by atoms with Crippen molar-refractivity contribution in [2.45, 2.75) is 58.0 Å². The molecule has 0 aromatic heterocycles. The van der Waals surface area contributed by atoms with Gasteiger partial charge in [-0.3, -0.25) is 4.79 Å². The monoisotopic (exact) mass is 304 g/mol. The van der Waals surface area contributed by atoms with E-state index in [1.54, 1.807) is 7.11 Å². The van der Waals surface area contributed by atoms with Crippen molar-refractivity contribution < 1.29 is 9.53 Å². The maximum atomic E-state index is 12.1. The van der Waals surface area contributed by atoms with Crippen molar-refractivity contribution in [3.63, 3.8) is 0 Å². The first-order valence-corrected chi connectivity index (χ1v) is 8.28. The average Bonchev–Trinajstić information content (AvgIpc) is 2.50. The highest BCUT2D eigenvalue weighted by atomic mass is 16.5. The van der Waals surface area contributed by atoms with E-state index in [4.69, 9.17) is 4.74 Å². The number of benzene rings is 1. The van der Waals surface area contributed by atoms with Crippen LogP contribution >= 0.6 is 0 Å². The van der Waals surface area contributed by atoms with Crippen LogP contribution in [0.3, 0.4) is 0 Å². The summed E-state index contributed by atoms with van der Waals surface area (Å²) in [6.45, 7) is 4.40. The predicted molar refractivity (Wildman–Crippen MR) is 90.3 cm³/mol. The van der Waals surface area contributed by atoms with E-state index in [2.05, 4.69) is 24.5 Å². The van der Waals surface area contributed by atoms with E-state index in [1.807, 2.05) is 24.3 Å². The van der Waals surface area contributed by atoms with E-state index in [-0.39, 0.29) is 11.9 Å². The lowest BCUT2D eigenvalue weighted by Gasteiger charge is -2.32. The molecule has 3 atom stereocenters. The second kappa shape index (κ2) is 8.18. The number of methoxy groups -OCH3 is 1. The highest BCUT2D eigenvalue weighted by Gasteiger charge is 2.23. The van der Waals surface area contributed by atoms with Crippen molar-refractivity contribution in [3.05, 3.63) is 24.3 Å². The zero-order valence-corrected chi connectivity index (χ0v) is 13.9. The molecular formula is C18H28N2O2. The predicted octanol–water partition coefficient (Wildman–Crippen LogP) is 3.58. The molecule has 2 N–H and O–H groups in total. The van der Waals surface area contributed by atoms with Crippen molar-refractivity contribution in [1.82, 2.24) is 5.32 Å². The molecular weight excluding hydrogens is 276 g/mol. The molecule has 1 aliphatic rings. The number of carbonyl (C=O) groups is 1. The molecule has 0 aliphatic heterocycles. The van der Waals surface area contributed by atoms with Crippen LogP contribution < -0.4 is 15.4 Å². The van der Waals surface area contributed by atoms with Crippen LogP contribution in [0.5, 0.6) is 5.75 Å². The first kappa shape index (κ1) is 16.8. The summed E-state index contributed by atoms with van der Waals surface area (Å²) in [5, 5.41) is 6.56. The van der Waals surface area contributed by atoms with Gasteiger partial charge < -0.3 is 15.4 Å². The number of hydrogen-bond acceptors (Lipinski definition) is 3. The molecule has 1 fully saturated rings. The van der Waals surface area contributed by atoms with Crippen LogP contribution in [-0.4, -0.2) is 25.1 Å². The lowest BCUT2D eigenvalue weighted by Crippen LogP contribution is -2.43. The molecule has 0 heterocycles. The molecule has 1 amide bonds. The van der Waals surface area contributed by atoms with Crippen molar-refractivity contribution in [2.75, 3.05) is 12.4 Å². The third-order valence-electron chi connectivity index (χ3n) is 4.48. The summed E-state index contributed by atoms with van der Waals surface area (Å²) in [6.07, 6.45) is 5.65. The smallest absolute Gasteiger partial charge is 0.225 e. The maximum Gasteiger partial charge on any atom is 0.225 e. The molecule has 4 heteroatoms. The van der Waals surface area contributed by atoms with Gasteiger partial charge >= 0.3 is 0 Å². The van der Waals surface area contributed by atoms with Gasteiger partial charge in [-0.15, -0.1) is 0 Å². The van der Waals surface area contributed by atoms with Crippen molar-refractivity contribution >= 4 is 11.6 Å². The maximum absolute atomic E-state index is 12.1. The van der Waals surface area contributed by atoms with Gasteiger partial charge in [-0.25, -0.2) is 0 Å². The van der Waals surface area contributed by atoms with Gasteiger partial charge in [0.1, 0.15) is 5.75 Å². The topological polar surface area (TPSA) is 50.4 Å². The number of ether oxygens (including phenoxy) is 1.